The molecule has 0 heterocycles. The summed E-state index contributed by atoms with van der Waals surface area (Å²) in [5.74, 6) is -0.705. The highest BCUT2D eigenvalue weighted by Gasteiger charge is 2.04. The first kappa shape index (κ1) is 8.90. The Morgan fingerprint density at radius 1 is 1.78 bits per heavy atom. The Balaban J connectivity index is 3.26. The van der Waals surface area contributed by atoms with Gasteiger partial charge in [-0.3, -0.25) is 4.79 Å². The van der Waals surface area contributed by atoms with Crippen molar-refractivity contribution in [3.05, 3.63) is 0 Å². The second-order valence-corrected chi connectivity index (χ2v) is 3.09. The molecule has 0 aromatic rings. The highest BCUT2D eigenvalue weighted by molar-refractivity contribution is 7.17. The third-order valence-corrected chi connectivity index (χ3v) is 1.67. The number of carboxylic acid groups (broad SMARTS) is 1. The maximum atomic E-state index is 10.1. The topological polar surface area (TPSA) is 37.3 Å². The fourth-order valence-corrected chi connectivity index (χ4v) is 1.23. The van der Waals surface area contributed by atoms with Gasteiger partial charge in [0.05, 0.1) is 6.42 Å². The monoisotopic (exact) mass is 148 g/mol. The number of carbonyl (C=O) groups is 1. The molecule has 0 aliphatic rings. The normalized spacial score (nSPS) is 13.1. The first-order valence-electron chi connectivity index (χ1n) is 3.14. The maximum absolute atomic E-state index is 10.1. The predicted molar refractivity (Wildman–Crippen MR) is 40.7 cm³/mol. The number of carboxylic acids is 1. The summed E-state index contributed by atoms with van der Waals surface area (Å²) in [7, 11) is 2.54. The molecule has 0 spiro atoms. The van der Waals surface area contributed by atoms with E-state index in [-0.39, 0.29) is 12.1 Å². The molecule has 0 radical (unpaired) electrons. The zero-order chi connectivity index (χ0) is 7.28. The van der Waals surface area contributed by atoms with Gasteiger partial charge in [-0.05, 0) is 12.1 Å². The first-order chi connectivity index (χ1) is 4.16. The molecule has 1 N–H and O–H groups in total. The highest BCUT2D eigenvalue weighted by Crippen LogP contribution is 2.11. The van der Waals surface area contributed by atoms with Gasteiger partial charge in [0.15, 0.2) is 0 Å². The molecule has 9 heavy (non-hydrogen) atoms. The zero-order valence-corrected chi connectivity index (χ0v) is 6.79. The van der Waals surface area contributed by atoms with Crippen LogP contribution in [0.2, 0.25) is 0 Å². The van der Waals surface area contributed by atoms with Crippen molar-refractivity contribution < 1.29 is 9.90 Å². The van der Waals surface area contributed by atoms with Gasteiger partial charge < -0.3 is 5.11 Å². The van der Waals surface area contributed by atoms with Crippen molar-refractivity contribution >= 4 is 15.2 Å². The van der Waals surface area contributed by atoms with Crippen LogP contribution >= 0.6 is 9.24 Å². The van der Waals surface area contributed by atoms with Crippen molar-refractivity contribution in [1.29, 1.82) is 0 Å². The van der Waals surface area contributed by atoms with Gasteiger partial charge in [-0.25, -0.2) is 0 Å². The van der Waals surface area contributed by atoms with Crippen LogP contribution in [-0.2, 0) is 4.79 Å². The number of aliphatic carboxylic acids is 1. The summed E-state index contributed by atoms with van der Waals surface area (Å²) in [5, 5.41) is 8.30. The van der Waals surface area contributed by atoms with Crippen LogP contribution in [0.3, 0.4) is 0 Å². The lowest BCUT2D eigenvalue weighted by Gasteiger charge is -2.03. The van der Waals surface area contributed by atoms with E-state index in [1.54, 1.807) is 0 Å². The van der Waals surface area contributed by atoms with Crippen LogP contribution in [0.1, 0.15) is 26.2 Å². The average molecular weight is 148 g/mol. The summed E-state index contributed by atoms with van der Waals surface area (Å²) in [4.78, 5) is 10.1. The van der Waals surface area contributed by atoms with Crippen molar-refractivity contribution in [3.8, 4) is 0 Å². The molecule has 0 saturated carbocycles. The Bertz CT molecular complexity index is 93.1. The Morgan fingerprint density at radius 2 is 2.33 bits per heavy atom. The van der Waals surface area contributed by atoms with Gasteiger partial charge in [0.2, 0.25) is 0 Å². The lowest BCUT2D eigenvalue weighted by Crippen LogP contribution is -2.05. The summed E-state index contributed by atoms with van der Waals surface area (Å²) in [6.45, 7) is 2.05. The van der Waals surface area contributed by atoms with Crippen LogP contribution in [-0.4, -0.2) is 16.7 Å². The Kier molecular flexibility index (Phi) is 4.70. The molecule has 2 atom stereocenters. The molecule has 0 rings (SSSR count). The molecular formula is C6H13O2P. The molecule has 0 fully saturated rings. The van der Waals surface area contributed by atoms with E-state index in [1.807, 2.05) is 0 Å². The largest absolute Gasteiger partial charge is 0.481 e. The van der Waals surface area contributed by atoms with E-state index >= 15 is 0 Å². The van der Waals surface area contributed by atoms with E-state index < -0.39 is 5.97 Å². The summed E-state index contributed by atoms with van der Waals surface area (Å²) in [5.41, 5.74) is 0.257. The lowest BCUT2D eigenvalue weighted by atomic mass is 10.2. The molecule has 0 aromatic heterocycles. The highest BCUT2D eigenvalue weighted by atomic mass is 31.0. The van der Waals surface area contributed by atoms with Gasteiger partial charge in [0, 0.05) is 0 Å². The predicted octanol–water partition coefficient (Wildman–Crippen LogP) is 1.50. The third-order valence-electron chi connectivity index (χ3n) is 1.10. The fourth-order valence-electron chi connectivity index (χ4n) is 0.697. The second-order valence-electron chi connectivity index (χ2n) is 2.15. The van der Waals surface area contributed by atoms with E-state index in [0.29, 0.717) is 0 Å². The smallest absolute Gasteiger partial charge is 0.303 e. The molecule has 0 bridgehead atoms. The molecule has 0 saturated heterocycles. The Labute approximate surface area is 57.8 Å². The molecule has 0 aliphatic heterocycles. The van der Waals surface area contributed by atoms with Gasteiger partial charge in [-0.1, -0.05) is 13.3 Å². The number of hydrogen-bond acceptors (Lipinski definition) is 1. The minimum Gasteiger partial charge on any atom is -0.481 e. The molecule has 0 aromatic carbocycles. The molecule has 0 amide bonds. The van der Waals surface area contributed by atoms with Gasteiger partial charge in [0.1, 0.15) is 0 Å². The lowest BCUT2D eigenvalue weighted by molar-refractivity contribution is -0.137. The first-order valence-corrected chi connectivity index (χ1v) is 3.80. The molecule has 3 heteroatoms. The SMILES string of the molecule is CCCC(P)CC(=O)O. The van der Waals surface area contributed by atoms with Crippen LogP contribution in [0.15, 0.2) is 0 Å². The summed E-state index contributed by atoms with van der Waals surface area (Å²) in [6, 6.07) is 0. The molecule has 2 nitrogen and oxygen atoms in total. The molecular weight excluding hydrogens is 135 g/mol. The molecule has 54 valence electrons. The van der Waals surface area contributed by atoms with Crippen molar-refractivity contribution in [2.45, 2.75) is 31.8 Å². The Morgan fingerprint density at radius 3 is 2.67 bits per heavy atom. The minimum atomic E-state index is -0.705. The molecule has 2 unspecified atom stereocenters. The van der Waals surface area contributed by atoms with Gasteiger partial charge >= 0.3 is 5.97 Å². The van der Waals surface area contributed by atoms with Crippen molar-refractivity contribution in [2.24, 2.45) is 0 Å². The molecule has 0 aliphatic carbocycles. The standard InChI is InChI=1S/C6H13O2P/c1-2-3-5(9)4-6(7)8/h5H,2-4,9H2,1H3,(H,7,8). The van der Waals surface area contributed by atoms with E-state index in [4.69, 9.17) is 5.11 Å². The van der Waals surface area contributed by atoms with Crippen LogP contribution in [0, 0.1) is 0 Å². The van der Waals surface area contributed by atoms with Gasteiger partial charge in [-0.2, -0.15) is 0 Å². The van der Waals surface area contributed by atoms with Crippen molar-refractivity contribution in [3.63, 3.8) is 0 Å². The summed E-state index contributed by atoms with van der Waals surface area (Å²) in [6.07, 6.45) is 2.32. The summed E-state index contributed by atoms with van der Waals surface area (Å²) < 4.78 is 0. The average Bonchev–Trinajstić information content (AvgIpc) is 1.63. The minimum absolute atomic E-state index is 0.257. The van der Waals surface area contributed by atoms with Gasteiger partial charge in [-0.15, -0.1) is 9.24 Å². The number of rotatable bonds is 4. The van der Waals surface area contributed by atoms with Crippen LogP contribution < -0.4 is 0 Å². The van der Waals surface area contributed by atoms with E-state index in [1.165, 1.54) is 0 Å². The van der Waals surface area contributed by atoms with E-state index in [2.05, 4.69) is 16.2 Å². The van der Waals surface area contributed by atoms with E-state index in [9.17, 15) is 4.79 Å². The van der Waals surface area contributed by atoms with Gasteiger partial charge in [0.25, 0.3) is 0 Å². The van der Waals surface area contributed by atoms with E-state index in [0.717, 1.165) is 12.8 Å². The maximum Gasteiger partial charge on any atom is 0.303 e. The van der Waals surface area contributed by atoms with Crippen LogP contribution in [0.4, 0.5) is 0 Å². The second kappa shape index (κ2) is 4.75. The fraction of sp³-hybridized carbons (Fsp3) is 0.833. The van der Waals surface area contributed by atoms with Crippen molar-refractivity contribution in [2.75, 3.05) is 0 Å². The third kappa shape index (κ3) is 5.78. The van der Waals surface area contributed by atoms with Crippen LogP contribution in [0.25, 0.3) is 0 Å². The number of hydrogen-bond donors (Lipinski definition) is 1. The Hall–Kier alpha value is -0.100. The van der Waals surface area contributed by atoms with Crippen LogP contribution in [0.5, 0.6) is 0 Å². The van der Waals surface area contributed by atoms with Crippen molar-refractivity contribution in [1.82, 2.24) is 0 Å². The zero-order valence-electron chi connectivity index (χ0n) is 5.63. The quantitative estimate of drug-likeness (QED) is 0.613. The summed E-state index contributed by atoms with van der Waals surface area (Å²) >= 11 is 0.